The highest BCUT2D eigenvalue weighted by atomic mass is 15.5. The smallest absolute Gasteiger partial charge is 0.329 e. The number of hydrogen-bond donors (Lipinski definition) is 1. The van der Waals surface area contributed by atoms with Crippen molar-refractivity contribution in [1.82, 2.24) is 15.5 Å². The van der Waals surface area contributed by atoms with E-state index in [9.17, 15) is 0 Å². The van der Waals surface area contributed by atoms with Gasteiger partial charge in [-0.2, -0.15) is 5.10 Å². The lowest BCUT2D eigenvalue weighted by Crippen LogP contribution is -2.29. The van der Waals surface area contributed by atoms with Crippen LogP contribution in [0.1, 0.15) is 19.3 Å². The summed E-state index contributed by atoms with van der Waals surface area (Å²) in [5.41, 5.74) is 2.36. The fourth-order valence-electron chi connectivity index (χ4n) is 2.29. The topological polar surface area (TPSA) is 59.0 Å². The van der Waals surface area contributed by atoms with Crippen molar-refractivity contribution in [3.8, 4) is 11.4 Å². The van der Waals surface area contributed by atoms with E-state index in [0.717, 1.165) is 11.4 Å². The van der Waals surface area contributed by atoms with Crippen LogP contribution in [0.15, 0.2) is 24.3 Å². The van der Waals surface area contributed by atoms with Gasteiger partial charge in [0.2, 0.25) is 0 Å². The molecular formula is C12H16N5+. The van der Waals surface area contributed by atoms with Crippen molar-refractivity contribution in [3.63, 3.8) is 0 Å². The summed E-state index contributed by atoms with van der Waals surface area (Å²) in [5.74, 6) is 0.773. The second-order valence-electron chi connectivity index (χ2n) is 4.38. The number of nitrogens with one attached hydrogen (secondary N) is 2. The van der Waals surface area contributed by atoms with E-state index in [4.69, 9.17) is 0 Å². The maximum atomic E-state index is 3.95. The number of aromatic amines is 2. The van der Waals surface area contributed by atoms with Crippen molar-refractivity contribution in [1.29, 1.82) is 0 Å². The van der Waals surface area contributed by atoms with Crippen LogP contribution in [0.4, 0.5) is 5.69 Å². The molecule has 0 spiro atoms. The van der Waals surface area contributed by atoms with Crippen molar-refractivity contribution in [2.75, 3.05) is 18.0 Å². The number of aromatic nitrogens is 4. The molecule has 0 aliphatic carbocycles. The minimum Gasteiger partial charge on any atom is -0.372 e. The molecule has 2 N–H and O–H groups in total. The highest BCUT2D eigenvalue weighted by Crippen LogP contribution is 2.22. The number of anilines is 1. The van der Waals surface area contributed by atoms with E-state index in [0.29, 0.717) is 0 Å². The third-order valence-corrected chi connectivity index (χ3v) is 3.24. The summed E-state index contributed by atoms with van der Waals surface area (Å²) in [4.78, 5) is 2.44. The molecule has 1 aliphatic heterocycles. The van der Waals surface area contributed by atoms with Crippen LogP contribution in [-0.4, -0.2) is 28.6 Å². The third kappa shape index (κ3) is 2.13. The van der Waals surface area contributed by atoms with E-state index >= 15 is 0 Å². The van der Waals surface area contributed by atoms with E-state index in [1.54, 1.807) is 0 Å². The molecule has 5 heteroatoms. The Balaban J connectivity index is 1.80. The van der Waals surface area contributed by atoms with Crippen molar-refractivity contribution in [2.45, 2.75) is 19.3 Å². The summed E-state index contributed by atoms with van der Waals surface area (Å²) in [7, 11) is 0. The zero-order valence-electron chi connectivity index (χ0n) is 9.69. The third-order valence-electron chi connectivity index (χ3n) is 3.24. The lowest BCUT2D eigenvalue weighted by atomic mass is 10.1. The summed E-state index contributed by atoms with van der Waals surface area (Å²) >= 11 is 0. The predicted molar refractivity (Wildman–Crippen MR) is 64.4 cm³/mol. The van der Waals surface area contributed by atoms with Gasteiger partial charge in [0.05, 0.1) is 5.56 Å². The summed E-state index contributed by atoms with van der Waals surface area (Å²) in [5, 5.41) is 13.1. The lowest BCUT2D eigenvalue weighted by Gasteiger charge is -2.28. The Morgan fingerprint density at radius 3 is 2.47 bits per heavy atom. The van der Waals surface area contributed by atoms with E-state index < -0.39 is 0 Å². The second-order valence-corrected chi connectivity index (χ2v) is 4.38. The summed E-state index contributed by atoms with van der Waals surface area (Å²) < 4.78 is 0. The molecule has 5 nitrogen and oxygen atoms in total. The van der Waals surface area contributed by atoms with E-state index in [1.807, 2.05) is 0 Å². The number of nitrogens with zero attached hydrogens (tertiary/aromatic N) is 3. The molecule has 0 atom stereocenters. The van der Waals surface area contributed by atoms with Gasteiger partial charge in [0.25, 0.3) is 0 Å². The van der Waals surface area contributed by atoms with Crippen LogP contribution in [0.2, 0.25) is 0 Å². The van der Waals surface area contributed by atoms with Gasteiger partial charge in [-0.05, 0) is 43.5 Å². The van der Waals surface area contributed by atoms with Crippen LogP contribution in [-0.2, 0) is 0 Å². The Hall–Kier alpha value is -1.91. The van der Waals surface area contributed by atoms with E-state index in [-0.39, 0.29) is 0 Å². The fraction of sp³-hybridized carbons (Fsp3) is 0.417. The number of tetrazole rings is 1. The fourth-order valence-corrected chi connectivity index (χ4v) is 2.29. The zero-order chi connectivity index (χ0) is 11.5. The molecule has 3 rings (SSSR count). The zero-order valence-corrected chi connectivity index (χ0v) is 9.69. The quantitative estimate of drug-likeness (QED) is 0.845. The Morgan fingerprint density at radius 2 is 1.82 bits per heavy atom. The van der Waals surface area contributed by atoms with Crippen LogP contribution in [0.25, 0.3) is 11.4 Å². The van der Waals surface area contributed by atoms with E-state index in [1.165, 1.54) is 38.0 Å². The van der Waals surface area contributed by atoms with Crippen molar-refractivity contribution < 1.29 is 5.10 Å². The van der Waals surface area contributed by atoms with Gasteiger partial charge in [0.15, 0.2) is 5.21 Å². The molecule has 0 bridgehead atoms. The number of benzene rings is 1. The average molecular weight is 230 g/mol. The molecule has 88 valence electrons. The molecule has 1 aromatic carbocycles. The van der Waals surface area contributed by atoms with Gasteiger partial charge in [-0.25, -0.2) is 0 Å². The molecule has 2 heterocycles. The molecule has 2 aromatic rings. The van der Waals surface area contributed by atoms with Crippen LogP contribution >= 0.6 is 0 Å². The van der Waals surface area contributed by atoms with Gasteiger partial charge in [-0.15, -0.1) is 0 Å². The maximum absolute atomic E-state index is 3.95. The molecule has 0 saturated carbocycles. The van der Waals surface area contributed by atoms with Crippen LogP contribution < -0.4 is 10.00 Å². The number of piperidine rings is 1. The Kier molecular flexibility index (Phi) is 2.73. The minimum absolute atomic E-state index is 0.773. The number of H-pyrrole nitrogens is 2. The van der Waals surface area contributed by atoms with Gasteiger partial charge in [-0.3, -0.25) is 0 Å². The van der Waals surface area contributed by atoms with E-state index in [2.05, 4.69) is 49.8 Å². The molecular weight excluding hydrogens is 214 g/mol. The molecule has 0 amide bonds. The van der Waals surface area contributed by atoms with Crippen LogP contribution in [0.5, 0.6) is 0 Å². The molecule has 0 radical (unpaired) electrons. The largest absolute Gasteiger partial charge is 0.372 e. The van der Waals surface area contributed by atoms with Crippen molar-refractivity contribution in [3.05, 3.63) is 24.3 Å². The summed E-state index contributed by atoms with van der Waals surface area (Å²) in [6.07, 6.45) is 3.97. The van der Waals surface area contributed by atoms with Gasteiger partial charge >= 0.3 is 5.82 Å². The van der Waals surface area contributed by atoms with Gasteiger partial charge in [0.1, 0.15) is 5.10 Å². The molecule has 1 fully saturated rings. The van der Waals surface area contributed by atoms with Gasteiger partial charge < -0.3 is 4.90 Å². The molecule has 1 saturated heterocycles. The highest BCUT2D eigenvalue weighted by Gasteiger charge is 2.13. The Labute approximate surface area is 99.8 Å². The van der Waals surface area contributed by atoms with Gasteiger partial charge in [-0.1, -0.05) is 5.21 Å². The molecule has 1 aliphatic rings. The Bertz CT molecular complexity index is 456. The molecule has 17 heavy (non-hydrogen) atoms. The Morgan fingerprint density at radius 1 is 1.06 bits per heavy atom. The molecule has 0 unspecified atom stereocenters. The first-order chi connectivity index (χ1) is 8.43. The van der Waals surface area contributed by atoms with Gasteiger partial charge in [0, 0.05) is 18.8 Å². The first-order valence-electron chi connectivity index (χ1n) is 6.07. The molecule has 1 aromatic heterocycles. The summed E-state index contributed by atoms with van der Waals surface area (Å²) in [6, 6.07) is 8.48. The average Bonchev–Trinajstić information content (AvgIpc) is 2.94. The SMILES string of the molecule is c1cc(N2CCCCC2)ccc1-c1nn[nH][nH+]1. The second kappa shape index (κ2) is 4.53. The normalized spacial score (nSPS) is 16.1. The number of rotatable bonds is 2. The number of hydrogen-bond acceptors (Lipinski definition) is 3. The monoisotopic (exact) mass is 230 g/mol. The lowest BCUT2D eigenvalue weighted by molar-refractivity contribution is -0.444. The van der Waals surface area contributed by atoms with Crippen molar-refractivity contribution in [2.24, 2.45) is 0 Å². The first kappa shape index (κ1) is 10.3. The minimum atomic E-state index is 0.773. The predicted octanol–water partition coefficient (Wildman–Crippen LogP) is 1.28. The standard InChI is InChI=1S/C12H15N5/c1-2-8-17(9-3-1)11-6-4-10(5-7-11)12-13-15-16-14-12/h4-7H,1-3,8-9H2,(H,13,14,15,16)/p+1. The van der Waals surface area contributed by atoms with Crippen LogP contribution in [0.3, 0.4) is 0 Å². The maximum Gasteiger partial charge on any atom is 0.329 e. The highest BCUT2D eigenvalue weighted by molar-refractivity contribution is 5.58. The van der Waals surface area contributed by atoms with Crippen molar-refractivity contribution >= 4 is 5.69 Å². The van der Waals surface area contributed by atoms with Crippen LogP contribution in [0, 0.1) is 0 Å². The first-order valence-corrected chi connectivity index (χ1v) is 6.07. The summed E-state index contributed by atoms with van der Waals surface area (Å²) in [6.45, 7) is 2.35.